The van der Waals surface area contributed by atoms with E-state index in [9.17, 15) is 10.2 Å². The highest BCUT2D eigenvalue weighted by Gasteiger charge is 2.19. The topological polar surface area (TPSA) is 68.2 Å². The van der Waals surface area contributed by atoms with E-state index in [0.29, 0.717) is 19.8 Å². The highest BCUT2D eigenvalue weighted by molar-refractivity contribution is 5.20. The molecule has 5 nitrogen and oxygen atoms in total. The van der Waals surface area contributed by atoms with Crippen LogP contribution in [0.25, 0.3) is 0 Å². The molecule has 0 radical (unpaired) electrons. The van der Waals surface area contributed by atoms with Crippen molar-refractivity contribution in [3.8, 4) is 5.75 Å². The van der Waals surface area contributed by atoms with Crippen molar-refractivity contribution in [1.82, 2.24) is 0 Å². The SMILES string of the molecule is CCCCCC=CCC=CCC=CCC=CCCCCOC(CO)C(O)COCCOc1ccccc1. The average molecular weight is 515 g/mol. The minimum Gasteiger partial charge on any atom is -0.491 e. The van der Waals surface area contributed by atoms with Crippen LogP contribution in [0.2, 0.25) is 0 Å². The van der Waals surface area contributed by atoms with E-state index >= 15 is 0 Å². The molecule has 0 saturated heterocycles. The summed E-state index contributed by atoms with van der Waals surface area (Å²) < 4.78 is 16.7. The normalized spacial score (nSPS) is 13.9. The van der Waals surface area contributed by atoms with Gasteiger partial charge < -0.3 is 24.4 Å². The second-order valence-corrected chi connectivity index (χ2v) is 8.98. The van der Waals surface area contributed by atoms with Gasteiger partial charge >= 0.3 is 0 Å². The fourth-order valence-electron chi connectivity index (χ4n) is 3.49. The molecule has 2 unspecified atom stereocenters. The zero-order valence-electron chi connectivity index (χ0n) is 22.9. The lowest BCUT2D eigenvalue weighted by molar-refractivity contribution is -0.0926. The fourth-order valence-corrected chi connectivity index (χ4v) is 3.49. The second-order valence-electron chi connectivity index (χ2n) is 8.98. The number of unbranched alkanes of at least 4 members (excludes halogenated alkanes) is 5. The van der Waals surface area contributed by atoms with Gasteiger partial charge in [0.1, 0.15) is 24.6 Å². The third kappa shape index (κ3) is 20.6. The zero-order valence-corrected chi connectivity index (χ0v) is 22.9. The summed E-state index contributed by atoms with van der Waals surface area (Å²) in [5.74, 6) is 0.786. The lowest BCUT2D eigenvalue weighted by atomic mass is 10.2. The van der Waals surface area contributed by atoms with Gasteiger partial charge in [-0.05, 0) is 63.5 Å². The van der Waals surface area contributed by atoms with Crippen molar-refractivity contribution in [2.45, 2.75) is 83.3 Å². The Bertz CT molecular complexity index is 726. The molecule has 0 aliphatic carbocycles. The van der Waals surface area contributed by atoms with E-state index in [4.69, 9.17) is 14.2 Å². The van der Waals surface area contributed by atoms with Gasteiger partial charge in [0, 0.05) is 6.61 Å². The standard InChI is InChI=1S/C32H50O5/c1-2-3-4-5-6-7-8-9-10-11-12-13-14-15-16-17-18-22-25-37-32(28-33)31(34)29-35-26-27-36-30-23-20-19-21-24-30/h6-7,9-10,12-13,15-16,19-21,23-24,31-34H,2-5,8,11,14,17-18,22,25-29H2,1H3. The van der Waals surface area contributed by atoms with Crippen LogP contribution in [-0.2, 0) is 9.47 Å². The molecule has 0 aliphatic rings. The molecule has 0 aromatic heterocycles. The molecule has 1 rings (SSSR count). The molecule has 1 aromatic carbocycles. The Morgan fingerprint density at radius 1 is 0.730 bits per heavy atom. The minimum absolute atomic E-state index is 0.103. The van der Waals surface area contributed by atoms with Crippen LogP contribution in [0, 0.1) is 0 Å². The average Bonchev–Trinajstić information content (AvgIpc) is 2.92. The number of benzene rings is 1. The van der Waals surface area contributed by atoms with Gasteiger partial charge in [0.2, 0.25) is 0 Å². The first kappa shape index (κ1) is 32.8. The Hall–Kier alpha value is -2.18. The van der Waals surface area contributed by atoms with Crippen LogP contribution in [0.1, 0.15) is 71.1 Å². The number of para-hydroxylation sites is 1. The molecule has 0 amide bonds. The quantitative estimate of drug-likeness (QED) is 0.115. The molecule has 2 atom stereocenters. The predicted molar refractivity (Wildman–Crippen MR) is 154 cm³/mol. The van der Waals surface area contributed by atoms with E-state index in [1.54, 1.807) is 0 Å². The molecular weight excluding hydrogens is 464 g/mol. The monoisotopic (exact) mass is 514 g/mol. The summed E-state index contributed by atoms with van der Waals surface area (Å²) in [5, 5.41) is 19.7. The maximum atomic E-state index is 10.2. The number of aliphatic hydroxyl groups is 2. The fraction of sp³-hybridized carbons (Fsp3) is 0.562. The van der Waals surface area contributed by atoms with Crippen molar-refractivity contribution in [2.24, 2.45) is 0 Å². The molecule has 0 spiro atoms. The Morgan fingerprint density at radius 2 is 1.32 bits per heavy atom. The van der Waals surface area contributed by atoms with E-state index in [2.05, 4.69) is 55.5 Å². The van der Waals surface area contributed by atoms with Crippen LogP contribution in [0.4, 0.5) is 0 Å². The summed E-state index contributed by atoms with van der Waals surface area (Å²) >= 11 is 0. The third-order valence-corrected chi connectivity index (χ3v) is 5.69. The lowest BCUT2D eigenvalue weighted by Crippen LogP contribution is -2.36. The van der Waals surface area contributed by atoms with Gasteiger partial charge in [0.05, 0.1) is 19.8 Å². The van der Waals surface area contributed by atoms with Gasteiger partial charge in [-0.1, -0.05) is 86.6 Å². The molecule has 0 saturated carbocycles. The van der Waals surface area contributed by atoms with Crippen molar-refractivity contribution >= 4 is 0 Å². The predicted octanol–water partition coefficient (Wildman–Crippen LogP) is 6.97. The molecule has 37 heavy (non-hydrogen) atoms. The molecule has 5 heteroatoms. The van der Waals surface area contributed by atoms with E-state index in [1.807, 2.05) is 30.3 Å². The Balaban J connectivity index is 1.96. The Morgan fingerprint density at radius 3 is 1.92 bits per heavy atom. The van der Waals surface area contributed by atoms with Crippen molar-refractivity contribution in [1.29, 1.82) is 0 Å². The van der Waals surface area contributed by atoms with Crippen LogP contribution in [0.15, 0.2) is 78.9 Å². The Kier molecular flexibility index (Phi) is 22.6. The van der Waals surface area contributed by atoms with Crippen molar-refractivity contribution in [3.63, 3.8) is 0 Å². The number of ether oxygens (including phenoxy) is 3. The molecule has 0 heterocycles. The van der Waals surface area contributed by atoms with Crippen LogP contribution in [-0.4, -0.2) is 55.5 Å². The van der Waals surface area contributed by atoms with Crippen LogP contribution >= 0.6 is 0 Å². The summed E-state index contributed by atoms with van der Waals surface area (Å²) in [7, 11) is 0. The summed E-state index contributed by atoms with van der Waals surface area (Å²) in [5.41, 5.74) is 0. The first-order chi connectivity index (χ1) is 18.3. The van der Waals surface area contributed by atoms with Gasteiger partial charge in [-0.25, -0.2) is 0 Å². The van der Waals surface area contributed by atoms with Crippen molar-refractivity contribution in [2.75, 3.05) is 33.0 Å². The van der Waals surface area contributed by atoms with E-state index in [0.717, 1.165) is 44.3 Å². The van der Waals surface area contributed by atoms with Crippen molar-refractivity contribution in [3.05, 3.63) is 78.9 Å². The summed E-state index contributed by atoms with van der Waals surface area (Å²) in [4.78, 5) is 0. The molecule has 0 fully saturated rings. The van der Waals surface area contributed by atoms with Crippen LogP contribution in [0.5, 0.6) is 5.75 Å². The van der Waals surface area contributed by atoms with Crippen LogP contribution < -0.4 is 4.74 Å². The third-order valence-electron chi connectivity index (χ3n) is 5.69. The van der Waals surface area contributed by atoms with E-state index in [-0.39, 0.29) is 13.2 Å². The Labute approximate surface area is 225 Å². The molecule has 0 aliphatic heterocycles. The number of hydrogen-bond acceptors (Lipinski definition) is 5. The number of hydrogen-bond donors (Lipinski definition) is 2. The molecule has 1 aromatic rings. The minimum atomic E-state index is -0.865. The zero-order chi connectivity index (χ0) is 26.7. The number of rotatable bonds is 24. The number of aliphatic hydroxyl groups excluding tert-OH is 2. The molecular formula is C32H50O5. The van der Waals surface area contributed by atoms with E-state index < -0.39 is 12.2 Å². The molecule has 0 bridgehead atoms. The largest absolute Gasteiger partial charge is 0.491 e. The second kappa shape index (κ2) is 25.5. The van der Waals surface area contributed by atoms with Gasteiger partial charge in [-0.2, -0.15) is 0 Å². The van der Waals surface area contributed by atoms with Gasteiger partial charge in [0.25, 0.3) is 0 Å². The first-order valence-electron chi connectivity index (χ1n) is 14.0. The van der Waals surface area contributed by atoms with E-state index in [1.165, 1.54) is 25.7 Å². The maximum absolute atomic E-state index is 10.2. The van der Waals surface area contributed by atoms with Gasteiger partial charge in [-0.3, -0.25) is 0 Å². The number of allylic oxidation sites excluding steroid dienone is 8. The van der Waals surface area contributed by atoms with Crippen LogP contribution in [0.3, 0.4) is 0 Å². The van der Waals surface area contributed by atoms with Gasteiger partial charge in [-0.15, -0.1) is 0 Å². The molecule has 2 N–H and O–H groups in total. The summed E-state index contributed by atoms with van der Waals surface area (Å²) in [6.07, 6.45) is 27.3. The first-order valence-corrected chi connectivity index (χ1v) is 14.0. The maximum Gasteiger partial charge on any atom is 0.119 e. The van der Waals surface area contributed by atoms with Crippen molar-refractivity contribution < 1.29 is 24.4 Å². The highest BCUT2D eigenvalue weighted by Crippen LogP contribution is 2.08. The smallest absolute Gasteiger partial charge is 0.119 e. The summed E-state index contributed by atoms with van der Waals surface area (Å²) in [6, 6.07) is 9.52. The lowest BCUT2D eigenvalue weighted by Gasteiger charge is -2.21. The van der Waals surface area contributed by atoms with Gasteiger partial charge in [0.15, 0.2) is 0 Å². The molecule has 208 valence electrons. The highest BCUT2D eigenvalue weighted by atomic mass is 16.5. The summed E-state index contributed by atoms with van der Waals surface area (Å²) in [6.45, 7) is 3.38.